The maximum Gasteiger partial charge on any atom is 0.271 e. The van der Waals surface area contributed by atoms with E-state index < -0.39 is 11.3 Å². The first kappa shape index (κ1) is 19.6. The Morgan fingerprint density at radius 3 is 2.83 bits per heavy atom. The first-order valence-electron chi connectivity index (χ1n) is 8.70. The second kappa shape index (κ2) is 8.67. The minimum Gasteiger partial charge on any atom is -0.507 e. The molecule has 29 heavy (non-hydrogen) atoms. The molecule has 7 nitrogen and oxygen atoms in total. The number of nitrogens with zero attached hydrogens (tertiary/aromatic N) is 3. The van der Waals surface area contributed by atoms with Crippen molar-refractivity contribution < 1.29 is 14.6 Å². The van der Waals surface area contributed by atoms with Crippen LogP contribution >= 0.6 is 0 Å². The fraction of sp³-hybridized carbons (Fsp3) is 0.0909. The Hall–Kier alpha value is -4.18. The molecule has 0 bridgehead atoms. The van der Waals surface area contributed by atoms with Crippen molar-refractivity contribution in [3.63, 3.8) is 0 Å². The van der Waals surface area contributed by atoms with Gasteiger partial charge in [-0.2, -0.15) is 5.26 Å². The summed E-state index contributed by atoms with van der Waals surface area (Å²) >= 11 is 0. The monoisotopic (exact) mass is 387 g/mol. The second-order valence-corrected chi connectivity index (χ2v) is 6.09. The highest BCUT2D eigenvalue weighted by Gasteiger charge is 2.19. The molecule has 0 aliphatic rings. The van der Waals surface area contributed by atoms with E-state index in [1.807, 2.05) is 6.07 Å². The van der Waals surface area contributed by atoms with Crippen LogP contribution in [0, 0.1) is 18.3 Å². The van der Waals surface area contributed by atoms with Gasteiger partial charge in [-0.3, -0.25) is 14.2 Å². The molecule has 0 saturated heterocycles. The van der Waals surface area contributed by atoms with Gasteiger partial charge in [-0.05, 0) is 42.8 Å². The molecule has 0 fully saturated rings. The van der Waals surface area contributed by atoms with Gasteiger partial charge in [-0.1, -0.05) is 24.3 Å². The number of carbonyl (C=O) groups excluding carboxylic acids is 1. The number of aromatic hydroxyl groups is 1. The van der Waals surface area contributed by atoms with Gasteiger partial charge in [-0.15, -0.1) is 0 Å². The van der Waals surface area contributed by atoms with Crippen LogP contribution in [0.1, 0.15) is 21.6 Å². The third kappa shape index (κ3) is 4.39. The van der Waals surface area contributed by atoms with Crippen molar-refractivity contribution in [3.05, 3.63) is 88.0 Å². The van der Waals surface area contributed by atoms with E-state index in [0.717, 1.165) is 0 Å². The summed E-state index contributed by atoms with van der Waals surface area (Å²) in [6.45, 7) is 1.56. The van der Waals surface area contributed by atoms with Crippen LogP contribution in [-0.4, -0.2) is 27.0 Å². The largest absolute Gasteiger partial charge is 0.507 e. The van der Waals surface area contributed by atoms with Crippen LogP contribution in [-0.2, 0) is 0 Å². The number of pyridine rings is 2. The van der Waals surface area contributed by atoms with Crippen molar-refractivity contribution in [2.75, 3.05) is 6.61 Å². The van der Waals surface area contributed by atoms with Gasteiger partial charge in [0.05, 0.1) is 0 Å². The summed E-state index contributed by atoms with van der Waals surface area (Å²) in [7, 11) is 0. The molecule has 0 aliphatic heterocycles. The summed E-state index contributed by atoms with van der Waals surface area (Å²) in [6, 6.07) is 15.1. The van der Waals surface area contributed by atoms with E-state index in [2.05, 4.69) is 4.98 Å². The lowest BCUT2D eigenvalue weighted by molar-refractivity contribution is 0.104. The highest BCUT2D eigenvalue weighted by Crippen LogP contribution is 2.19. The standard InChI is InChI=1S/C22H17N3O4/c1-15-13-19(27)21(22(28)25(15)20-7-2-3-11-24-20)18(26)9-8-16-5-4-6-17(14-16)29-12-10-23/h2-9,11,13-14,27H,12H2,1H3. The smallest absolute Gasteiger partial charge is 0.271 e. The van der Waals surface area contributed by atoms with Gasteiger partial charge in [-0.25, -0.2) is 4.98 Å². The predicted molar refractivity (Wildman–Crippen MR) is 107 cm³/mol. The van der Waals surface area contributed by atoms with Gasteiger partial charge in [0, 0.05) is 18.0 Å². The first-order chi connectivity index (χ1) is 14.0. The number of rotatable bonds is 6. The molecule has 2 heterocycles. The van der Waals surface area contributed by atoms with Crippen LogP contribution < -0.4 is 10.3 Å². The first-order valence-corrected chi connectivity index (χ1v) is 8.70. The molecule has 7 heteroatoms. The fourth-order valence-corrected chi connectivity index (χ4v) is 2.80. The van der Waals surface area contributed by atoms with Crippen LogP contribution in [0.15, 0.2) is 65.6 Å². The van der Waals surface area contributed by atoms with E-state index in [1.165, 1.54) is 29.0 Å². The number of hydrogen-bond acceptors (Lipinski definition) is 6. The van der Waals surface area contributed by atoms with Crippen LogP contribution in [0.4, 0.5) is 0 Å². The Labute approximate surface area is 166 Å². The van der Waals surface area contributed by atoms with Gasteiger partial charge < -0.3 is 9.84 Å². The Morgan fingerprint density at radius 2 is 2.10 bits per heavy atom. The Bertz CT molecular complexity index is 1170. The van der Waals surface area contributed by atoms with Gasteiger partial charge in [0.15, 0.2) is 12.4 Å². The van der Waals surface area contributed by atoms with E-state index in [0.29, 0.717) is 22.8 Å². The van der Waals surface area contributed by atoms with Crippen molar-refractivity contribution >= 4 is 11.9 Å². The van der Waals surface area contributed by atoms with E-state index in [1.54, 1.807) is 49.4 Å². The van der Waals surface area contributed by atoms with E-state index in [9.17, 15) is 14.7 Å². The molecule has 3 aromatic rings. The number of ketones is 1. The summed E-state index contributed by atoms with van der Waals surface area (Å²) < 4.78 is 6.50. The zero-order chi connectivity index (χ0) is 20.8. The summed E-state index contributed by atoms with van der Waals surface area (Å²) in [4.78, 5) is 29.7. The number of aryl methyl sites for hydroxylation is 1. The fourth-order valence-electron chi connectivity index (χ4n) is 2.80. The van der Waals surface area contributed by atoms with Crippen molar-refractivity contribution in [1.82, 2.24) is 9.55 Å². The van der Waals surface area contributed by atoms with Crippen LogP contribution in [0.5, 0.6) is 11.5 Å². The summed E-state index contributed by atoms with van der Waals surface area (Å²) in [5, 5.41) is 18.8. The minimum atomic E-state index is -0.651. The van der Waals surface area contributed by atoms with Crippen LogP contribution in [0.2, 0.25) is 0 Å². The van der Waals surface area contributed by atoms with E-state index in [4.69, 9.17) is 10.00 Å². The minimum absolute atomic E-state index is 0.0869. The van der Waals surface area contributed by atoms with Crippen LogP contribution in [0.25, 0.3) is 11.9 Å². The highest BCUT2D eigenvalue weighted by molar-refractivity contribution is 6.08. The number of ether oxygens (including phenoxy) is 1. The number of carbonyl (C=O) groups is 1. The third-order valence-electron chi connectivity index (χ3n) is 4.08. The molecule has 3 rings (SSSR count). The Morgan fingerprint density at radius 1 is 1.28 bits per heavy atom. The molecular formula is C22H17N3O4. The Kier molecular flexibility index (Phi) is 5.85. The number of allylic oxidation sites excluding steroid dienone is 1. The molecule has 144 valence electrons. The maximum atomic E-state index is 12.9. The molecular weight excluding hydrogens is 370 g/mol. The number of benzene rings is 1. The number of hydrogen-bond donors (Lipinski definition) is 1. The van der Waals surface area contributed by atoms with Gasteiger partial charge in [0.1, 0.15) is 28.9 Å². The predicted octanol–water partition coefficient (Wildman–Crippen LogP) is 3.05. The molecule has 1 N–H and O–H groups in total. The molecule has 0 saturated carbocycles. The zero-order valence-electron chi connectivity index (χ0n) is 15.6. The summed E-state index contributed by atoms with van der Waals surface area (Å²) in [6.07, 6.45) is 4.25. The molecule has 0 aliphatic carbocycles. The highest BCUT2D eigenvalue weighted by atomic mass is 16.5. The average Bonchev–Trinajstić information content (AvgIpc) is 2.71. The average molecular weight is 387 g/mol. The van der Waals surface area contributed by atoms with Crippen molar-refractivity contribution in [1.29, 1.82) is 5.26 Å². The summed E-state index contributed by atoms with van der Waals surface area (Å²) in [5.41, 5.74) is 0.107. The van der Waals surface area contributed by atoms with Crippen molar-refractivity contribution in [2.45, 2.75) is 6.92 Å². The van der Waals surface area contributed by atoms with Crippen molar-refractivity contribution in [2.24, 2.45) is 0 Å². The topological polar surface area (TPSA) is 105 Å². The van der Waals surface area contributed by atoms with Crippen molar-refractivity contribution in [3.8, 4) is 23.4 Å². The molecule has 1 aromatic carbocycles. The molecule has 2 aromatic heterocycles. The third-order valence-corrected chi connectivity index (χ3v) is 4.08. The van der Waals surface area contributed by atoms with Gasteiger partial charge >= 0.3 is 0 Å². The lowest BCUT2D eigenvalue weighted by atomic mass is 10.1. The molecule has 0 atom stereocenters. The quantitative estimate of drug-likeness (QED) is 0.515. The van der Waals surface area contributed by atoms with Gasteiger partial charge in [0.25, 0.3) is 5.56 Å². The Balaban J connectivity index is 1.95. The normalized spacial score (nSPS) is 10.6. The van der Waals surface area contributed by atoms with E-state index >= 15 is 0 Å². The molecule has 0 radical (unpaired) electrons. The zero-order valence-corrected chi connectivity index (χ0v) is 15.6. The molecule has 0 amide bonds. The lowest BCUT2D eigenvalue weighted by Crippen LogP contribution is -2.27. The van der Waals surface area contributed by atoms with Gasteiger partial charge in [0.2, 0.25) is 0 Å². The summed E-state index contributed by atoms with van der Waals surface area (Å²) in [5.74, 6) is -0.187. The molecule has 0 spiro atoms. The SMILES string of the molecule is Cc1cc(O)c(C(=O)C=Cc2cccc(OCC#N)c2)c(=O)n1-c1ccccn1. The second-order valence-electron chi connectivity index (χ2n) is 6.09. The number of nitriles is 1. The van der Waals surface area contributed by atoms with E-state index in [-0.39, 0.29) is 17.9 Å². The molecule has 0 unspecified atom stereocenters. The van der Waals surface area contributed by atoms with Crippen LogP contribution in [0.3, 0.4) is 0 Å². The maximum absolute atomic E-state index is 12.9. The number of aromatic nitrogens is 2. The lowest BCUT2D eigenvalue weighted by Gasteiger charge is -2.11.